The molecule has 9 heteroatoms. The number of amides is 1. The number of hydrogen-bond acceptors (Lipinski definition) is 5. The number of ether oxygens (including phenoxy) is 1. The molecular weight excluding hydrogens is 365 g/mol. The van der Waals surface area contributed by atoms with Gasteiger partial charge >= 0.3 is 18.1 Å². The number of alkyl halides is 3. The monoisotopic (exact) mass is 386 g/mol. The largest absolute Gasteiger partial charge is 0.491 e. The molecule has 0 aliphatic heterocycles. The quantitative estimate of drug-likeness (QED) is 0.477. The number of carbonyl (C=O) groups is 3. The highest BCUT2D eigenvalue weighted by Gasteiger charge is 2.42. The highest BCUT2D eigenvalue weighted by molar-refractivity contribution is 5.98. The fraction of sp³-hybridized carbons (Fsp3) is 0.500. The molecule has 6 nitrogen and oxygen atoms in total. The highest BCUT2D eigenvalue weighted by Crippen LogP contribution is 2.27. The lowest BCUT2D eigenvalue weighted by atomic mass is 10.1. The van der Waals surface area contributed by atoms with E-state index in [0.717, 1.165) is 25.7 Å². The smallest absolute Gasteiger partial charge is 0.398 e. The first kappa shape index (κ1) is 20.7. The van der Waals surface area contributed by atoms with E-state index < -0.39 is 18.1 Å². The first-order valence-electron chi connectivity index (χ1n) is 8.64. The van der Waals surface area contributed by atoms with E-state index in [1.54, 1.807) is 11.8 Å². The van der Waals surface area contributed by atoms with Crippen LogP contribution in [0.3, 0.4) is 0 Å². The Kier molecular flexibility index (Phi) is 6.45. The molecule has 0 unspecified atom stereocenters. The van der Waals surface area contributed by atoms with Crippen LogP contribution in [0, 0.1) is 0 Å². The van der Waals surface area contributed by atoms with Crippen molar-refractivity contribution in [1.29, 1.82) is 0 Å². The molecule has 148 valence electrons. The molecule has 0 atom stereocenters. The lowest BCUT2D eigenvalue weighted by Crippen LogP contribution is -2.38. The molecule has 1 fully saturated rings. The van der Waals surface area contributed by atoms with Gasteiger partial charge in [-0.15, -0.1) is 0 Å². The lowest BCUT2D eigenvalue weighted by Gasteiger charge is -2.29. The maximum Gasteiger partial charge on any atom is 0.491 e. The molecule has 0 bridgehead atoms. The number of anilines is 1. The minimum atomic E-state index is -5.26. The van der Waals surface area contributed by atoms with Crippen LogP contribution in [0.2, 0.25) is 0 Å². The topological polar surface area (TPSA) is 89.7 Å². The van der Waals surface area contributed by atoms with Crippen LogP contribution in [0.25, 0.3) is 0 Å². The number of carbonyl (C=O) groups excluding carboxylic acids is 3. The Hall–Kier alpha value is -2.58. The van der Waals surface area contributed by atoms with Gasteiger partial charge in [-0.05, 0) is 36.6 Å². The number of nitrogens with two attached hydrogens (primary N) is 1. The Labute approximate surface area is 154 Å². The molecular formula is C18H21F3N2O4. The third kappa shape index (κ3) is 5.21. The van der Waals surface area contributed by atoms with Gasteiger partial charge in [-0.25, -0.2) is 9.59 Å². The first-order valence-corrected chi connectivity index (χ1v) is 8.64. The molecule has 1 aliphatic carbocycles. The molecule has 0 heterocycles. The molecule has 1 amide bonds. The van der Waals surface area contributed by atoms with Crippen molar-refractivity contribution < 1.29 is 32.3 Å². The van der Waals surface area contributed by atoms with Crippen molar-refractivity contribution in [2.75, 3.05) is 5.73 Å². The molecule has 1 saturated carbocycles. The number of benzene rings is 1. The molecule has 2 rings (SSSR count). The zero-order valence-corrected chi connectivity index (χ0v) is 14.8. The summed E-state index contributed by atoms with van der Waals surface area (Å²) < 4.78 is 40.6. The van der Waals surface area contributed by atoms with Crippen LogP contribution < -0.4 is 5.73 Å². The normalized spacial score (nSPS) is 14.8. The zero-order chi connectivity index (χ0) is 20.2. The molecule has 27 heavy (non-hydrogen) atoms. The van der Waals surface area contributed by atoms with Crippen molar-refractivity contribution in [2.45, 2.75) is 57.8 Å². The number of nitrogens with zero attached hydrogens (tertiary/aromatic N) is 1. The number of nitrogen functional groups attached to an aromatic ring is 1. The van der Waals surface area contributed by atoms with Crippen LogP contribution in [0.1, 0.15) is 54.9 Å². The predicted molar refractivity (Wildman–Crippen MR) is 90.4 cm³/mol. The molecule has 1 aliphatic rings. The second-order valence-electron chi connectivity index (χ2n) is 6.40. The van der Waals surface area contributed by atoms with E-state index in [0.29, 0.717) is 17.7 Å². The van der Waals surface area contributed by atoms with Gasteiger partial charge in [0.1, 0.15) is 0 Å². The summed E-state index contributed by atoms with van der Waals surface area (Å²) in [5.74, 6) is -4.08. The first-order chi connectivity index (χ1) is 12.6. The minimum absolute atomic E-state index is 0.0680. The van der Waals surface area contributed by atoms with E-state index >= 15 is 0 Å². The van der Waals surface area contributed by atoms with Crippen LogP contribution in [-0.4, -0.2) is 35.0 Å². The summed E-state index contributed by atoms with van der Waals surface area (Å²) in [5.41, 5.74) is 6.37. The number of esters is 2. The summed E-state index contributed by atoms with van der Waals surface area (Å²) in [6, 6.07) is 3.84. The van der Waals surface area contributed by atoms with Gasteiger partial charge in [-0.2, -0.15) is 13.2 Å². The van der Waals surface area contributed by atoms with Crippen LogP contribution >= 0.6 is 0 Å². The summed E-state index contributed by atoms with van der Waals surface area (Å²) >= 11 is 0. The average Bonchev–Trinajstić information content (AvgIpc) is 3.13. The molecule has 2 N–H and O–H groups in total. The number of halogens is 3. The molecule has 0 aromatic heterocycles. The number of rotatable bonds is 5. The Morgan fingerprint density at radius 2 is 1.85 bits per heavy atom. The molecule has 0 spiro atoms. The van der Waals surface area contributed by atoms with Crippen molar-refractivity contribution in [3.05, 3.63) is 29.3 Å². The Bertz CT molecular complexity index is 728. The number of hydrogen-bond donors (Lipinski definition) is 1. The van der Waals surface area contributed by atoms with E-state index in [1.807, 2.05) is 0 Å². The van der Waals surface area contributed by atoms with Crippen molar-refractivity contribution in [3.8, 4) is 0 Å². The molecule has 0 saturated heterocycles. The average molecular weight is 386 g/mol. The van der Waals surface area contributed by atoms with Crippen molar-refractivity contribution >= 4 is 23.5 Å². The van der Waals surface area contributed by atoms with Gasteiger partial charge < -0.3 is 15.4 Å². The Morgan fingerprint density at radius 1 is 1.22 bits per heavy atom. The van der Waals surface area contributed by atoms with Gasteiger partial charge in [0, 0.05) is 24.7 Å². The van der Waals surface area contributed by atoms with E-state index in [2.05, 4.69) is 4.74 Å². The van der Waals surface area contributed by atoms with Crippen molar-refractivity contribution in [1.82, 2.24) is 4.90 Å². The maximum atomic E-state index is 12.3. The standard InChI is InChI=1S/C18H21F3N2O4/c1-2-15(24)23(13-5-3-4-6-13)10-12-9-11(7-8-14(12)22)16(25)27-17(26)18(19,20)21/h7-9,13H,2-6,10,22H2,1H3. The lowest BCUT2D eigenvalue weighted by molar-refractivity contribution is -0.193. The van der Waals surface area contributed by atoms with Gasteiger partial charge in [0.2, 0.25) is 5.91 Å². The van der Waals surface area contributed by atoms with Gasteiger partial charge in [0.15, 0.2) is 0 Å². The van der Waals surface area contributed by atoms with Crippen molar-refractivity contribution in [2.24, 2.45) is 0 Å². The second-order valence-corrected chi connectivity index (χ2v) is 6.40. The Balaban J connectivity index is 2.21. The van der Waals surface area contributed by atoms with Gasteiger partial charge in [-0.3, -0.25) is 4.79 Å². The summed E-state index contributed by atoms with van der Waals surface area (Å²) in [6.45, 7) is 1.88. The summed E-state index contributed by atoms with van der Waals surface area (Å²) in [6.07, 6.45) is -1.20. The summed E-state index contributed by atoms with van der Waals surface area (Å²) in [5, 5.41) is 0. The van der Waals surface area contributed by atoms with E-state index in [1.165, 1.54) is 18.2 Å². The second kappa shape index (κ2) is 8.41. The van der Waals surface area contributed by atoms with Crippen molar-refractivity contribution in [3.63, 3.8) is 0 Å². The fourth-order valence-corrected chi connectivity index (χ4v) is 3.09. The molecule has 1 aromatic rings. The SMILES string of the molecule is CCC(=O)N(Cc1cc(C(=O)OC(=O)C(F)(F)F)ccc1N)C1CCCC1. The van der Waals surface area contributed by atoms with Crippen LogP contribution in [0.4, 0.5) is 18.9 Å². The van der Waals surface area contributed by atoms with E-state index in [-0.39, 0.29) is 24.1 Å². The molecule has 1 aromatic carbocycles. The van der Waals surface area contributed by atoms with E-state index in [9.17, 15) is 27.6 Å². The molecule has 0 radical (unpaired) electrons. The third-order valence-electron chi connectivity index (χ3n) is 4.52. The van der Waals surface area contributed by atoms with Gasteiger partial charge in [-0.1, -0.05) is 19.8 Å². The van der Waals surface area contributed by atoms with Gasteiger partial charge in [0.05, 0.1) is 5.56 Å². The summed E-state index contributed by atoms with van der Waals surface area (Å²) in [4.78, 5) is 36.7. The van der Waals surface area contributed by atoms with Gasteiger partial charge in [0.25, 0.3) is 0 Å². The highest BCUT2D eigenvalue weighted by atomic mass is 19.4. The maximum absolute atomic E-state index is 12.3. The van der Waals surface area contributed by atoms with Crippen LogP contribution in [-0.2, 0) is 20.9 Å². The summed E-state index contributed by atoms with van der Waals surface area (Å²) in [7, 11) is 0. The predicted octanol–water partition coefficient (Wildman–Crippen LogP) is 3.20. The third-order valence-corrected chi connectivity index (χ3v) is 4.52. The Morgan fingerprint density at radius 3 is 2.41 bits per heavy atom. The van der Waals surface area contributed by atoms with Crippen LogP contribution in [0.15, 0.2) is 18.2 Å². The zero-order valence-electron chi connectivity index (χ0n) is 14.8. The minimum Gasteiger partial charge on any atom is -0.398 e. The fourth-order valence-electron chi connectivity index (χ4n) is 3.09. The van der Waals surface area contributed by atoms with E-state index in [4.69, 9.17) is 5.73 Å². The van der Waals surface area contributed by atoms with Crippen LogP contribution in [0.5, 0.6) is 0 Å².